The number of pyridine rings is 1. The summed E-state index contributed by atoms with van der Waals surface area (Å²) in [6.07, 6.45) is 1.76. The third-order valence-electron chi connectivity index (χ3n) is 6.36. The van der Waals surface area contributed by atoms with E-state index in [0.29, 0.717) is 11.6 Å². The number of amides is 2. The lowest BCUT2D eigenvalue weighted by Gasteiger charge is -2.48. The highest BCUT2D eigenvalue weighted by Crippen LogP contribution is 2.23. The molecule has 6 nitrogen and oxygen atoms in total. The summed E-state index contributed by atoms with van der Waals surface area (Å²) in [5.41, 5.74) is 3.26. The lowest BCUT2D eigenvalue weighted by molar-refractivity contribution is 0.00854. The topological polar surface area (TPSA) is 56.8 Å². The standard InChI is InChI=1S/C26H26N4O2/c31-25(20-7-2-1-3-8-20)29-15-13-28(14-16-29)23-18-30(19-23)26(32)22-10-6-9-21(17-22)24-11-4-5-12-27-24/h1-12,17,23H,13-16,18-19H2. The number of nitrogens with zero attached hydrogens (tertiary/aromatic N) is 4. The molecule has 2 aromatic carbocycles. The number of carbonyl (C=O) groups excluding carboxylic acids is 2. The molecule has 6 heteroatoms. The molecular formula is C26H26N4O2. The van der Waals surface area contributed by atoms with Crippen molar-refractivity contribution in [1.82, 2.24) is 19.7 Å². The van der Waals surface area contributed by atoms with Gasteiger partial charge in [-0.3, -0.25) is 19.5 Å². The van der Waals surface area contributed by atoms with Gasteiger partial charge in [-0.05, 0) is 36.4 Å². The molecule has 0 bridgehead atoms. The van der Waals surface area contributed by atoms with Gasteiger partial charge in [-0.1, -0.05) is 36.4 Å². The van der Waals surface area contributed by atoms with E-state index < -0.39 is 0 Å². The van der Waals surface area contributed by atoms with Gasteiger partial charge in [0.25, 0.3) is 11.8 Å². The first-order valence-electron chi connectivity index (χ1n) is 11.1. The van der Waals surface area contributed by atoms with Gasteiger partial charge >= 0.3 is 0 Å². The van der Waals surface area contributed by atoms with Crippen molar-refractivity contribution < 1.29 is 9.59 Å². The highest BCUT2D eigenvalue weighted by atomic mass is 16.2. The summed E-state index contributed by atoms with van der Waals surface area (Å²) < 4.78 is 0. The van der Waals surface area contributed by atoms with Crippen molar-refractivity contribution in [3.05, 3.63) is 90.1 Å². The molecule has 2 fully saturated rings. The van der Waals surface area contributed by atoms with Crippen molar-refractivity contribution in [2.45, 2.75) is 6.04 Å². The molecule has 5 rings (SSSR count). The molecule has 1 aromatic heterocycles. The number of aromatic nitrogens is 1. The summed E-state index contributed by atoms with van der Waals surface area (Å²) in [6, 6.07) is 23.3. The molecule has 32 heavy (non-hydrogen) atoms. The van der Waals surface area contributed by atoms with Gasteiger partial charge < -0.3 is 9.80 Å². The molecule has 0 radical (unpaired) electrons. The molecule has 0 N–H and O–H groups in total. The van der Waals surface area contributed by atoms with E-state index >= 15 is 0 Å². The zero-order valence-corrected chi connectivity index (χ0v) is 17.9. The molecule has 2 amide bonds. The normalized spacial score (nSPS) is 17.1. The summed E-state index contributed by atoms with van der Waals surface area (Å²) in [7, 11) is 0. The van der Waals surface area contributed by atoms with Gasteiger partial charge in [0, 0.05) is 68.2 Å². The fourth-order valence-corrected chi connectivity index (χ4v) is 4.43. The van der Waals surface area contributed by atoms with Crippen LogP contribution in [0.3, 0.4) is 0 Å². The number of piperazine rings is 1. The molecule has 3 heterocycles. The van der Waals surface area contributed by atoms with Gasteiger partial charge in [0.15, 0.2) is 0 Å². The molecule has 2 aliphatic heterocycles. The molecule has 0 atom stereocenters. The Morgan fingerprint density at radius 1 is 0.719 bits per heavy atom. The largest absolute Gasteiger partial charge is 0.336 e. The number of hydrogen-bond donors (Lipinski definition) is 0. The van der Waals surface area contributed by atoms with Crippen LogP contribution in [0.5, 0.6) is 0 Å². The minimum Gasteiger partial charge on any atom is -0.336 e. The first-order valence-corrected chi connectivity index (χ1v) is 11.1. The van der Waals surface area contributed by atoms with Gasteiger partial charge in [-0.2, -0.15) is 0 Å². The lowest BCUT2D eigenvalue weighted by Crippen LogP contribution is -2.64. The Labute approximate surface area is 188 Å². The van der Waals surface area contributed by atoms with Crippen molar-refractivity contribution in [2.24, 2.45) is 0 Å². The second-order valence-electron chi connectivity index (χ2n) is 8.35. The number of carbonyl (C=O) groups is 2. The molecule has 0 spiro atoms. The van der Waals surface area contributed by atoms with Gasteiger partial charge in [0.1, 0.15) is 0 Å². The fraction of sp³-hybridized carbons (Fsp3) is 0.269. The molecule has 162 valence electrons. The minimum absolute atomic E-state index is 0.0666. The Morgan fingerprint density at radius 2 is 1.41 bits per heavy atom. The highest BCUT2D eigenvalue weighted by Gasteiger charge is 2.37. The molecule has 0 aliphatic carbocycles. The van der Waals surface area contributed by atoms with E-state index in [1.54, 1.807) is 6.20 Å². The zero-order valence-electron chi connectivity index (χ0n) is 17.9. The molecule has 2 saturated heterocycles. The maximum absolute atomic E-state index is 13.0. The van der Waals surface area contributed by atoms with Gasteiger partial charge in [-0.25, -0.2) is 0 Å². The summed E-state index contributed by atoms with van der Waals surface area (Å²) in [6.45, 7) is 4.62. The van der Waals surface area contributed by atoms with Crippen LogP contribution < -0.4 is 0 Å². The SMILES string of the molecule is O=C(c1ccccc1)N1CCN(C2CN(C(=O)c3cccc(-c4ccccn4)c3)C2)CC1. The van der Waals surface area contributed by atoms with Crippen LogP contribution >= 0.6 is 0 Å². The Balaban J connectivity index is 1.14. The predicted octanol–water partition coefficient (Wildman–Crippen LogP) is 3.03. The average Bonchev–Trinajstić information content (AvgIpc) is 2.84. The van der Waals surface area contributed by atoms with Gasteiger partial charge in [0.05, 0.1) is 5.69 Å². The van der Waals surface area contributed by atoms with E-state index in [4.69, 9.17) is 0 Å². The quantitative estimate of drug-likeness (QED) is 0.644. The number of rotatable bonds is 4. The van der Waals surface area contributed by atoms with Crippen molar-refractivity contribution in [2.75, 3.05) is 39.3 Å². The molecular weight excluding hydrogens is 400 g/mol. The zero-order chi connectivity index (χ0) is 21.9. The van der Waals surface area contributed by atoms with Crippen molar-refractivity contribution in [1.29, 1.82) is 0 Å². The van der Waals surface area contributed by atoms with Crippen LogP contribution in [-0.2, 0) is 0 Å². The smallest absolute Gasteiger partial charge is 0.253 e. The van der Waals surface area contributed by atoms with E-state index in [0.717, 1.165) is 56.1 Å². The van der Waals surface area contributed by atoms with Crippen molar-refractivity contribution in [3.8, 4) is 11.3 Å². The maximum atomic E-state index is 13.0. The molecule has 0 saturated carbocycles. The van der Waals surface area contributed by atoms with E-state index in [1.807, 2.05) is 82.6 Å². The van der Waals surface area contributed by atoms with Gasteiger partial charge in [-0.15, -0.1) is 0 Å². The summed E-state index contributed by atoms with van der Waals surface area (Å²) in [4.78, 5) is 36.2. The lowest BCUT2D eigenvalue weighted by atomic mass is 10.0. The van der Waals surface area contributed by atoms with Crippen LogP contribution in [-0.4, -0.2) is 76.8 Å². The first kappa shape index (κ1) is 20.4. The summed E-state index contributed by atoms with van der Waals surface area (Å²) >= 11 is 0. The van der Waals surface area contributed by atoms with E-state index in [-0.39, 0.29) is 11.8 Å². The van der Waals surface area contributed by atoms with Crippen LogP contribution in [0.25, 0.3) is 11.3 Å². The van der Waals surface area contributed by atoms with E-state index in [1.165, 1.54) is 0 Å². The van der Waals surface area contributed by atoms with Crippen molar-refractivity contribution >= 4 is 11.8 Å². The Hall–Kier alpha value is -3.51. The highest BCUT2D eigenvalue weighted by molar-refractivity contribution is 5.96. The third-order valence-corrected chi connectivity index (χ3v) is 6.36. The molecule has 2 aliphatic rings. The second-order valence-corrected chi connectivity index (χ2v) is 8.35. The van der Waals surface area contributed by atoms with E-state index in [9.17, 15) is 9.59 Å². The number of likely N-dealkylation sites (tertiary alicyclic amines) is 1. The summed E-state index contributed by atoms with van der Waals surface area (Å²) in [5, 5.41) is 0. The van der Waals surface area contributed by atoms with Crippen molar-refractivity contribution in [3.63, 3.8) is 0 Å². The van der Waals surface area contributed by atoms with E-state index in [2.05, 4.69) is 9.88 Å². The maximum Gasteiger partial charge on any atom is 0.253 e. The Kier molecular flexibility index (Phi) is 5.69. The van der Waals surface area contributed by atoms with Crippen LogP contribution in [0.15, 0.2) is 79.0 Å². The number of hydrogen-bond acceptors (Lipinski definition) is 4. The molecule has 3 aromatic rings. The fourth-order valence-electron chi connectivity index (χ4n) is 4.43. The Morgan fingerprint density at radius 3 is 2.12 bits per heavy atom. The number of benzene rings is 2. The van der Waals surface area contributed by atoms with Gasteiger partial charge in [0.2, 0.25) is 0 Å². The monoisotopic (exact) mass is 426 g/mol. The first-order chi connectivity index (χ1) is 15.7. The second kappa shape index (κ2) is 8.93. The van der Waals surface area contributed by atoms with Crippen LogP contribution in [0.2, 0.25) is 0 Å². The minimum atomic E-state index is 0.0666. The summed E-state index contributed by atoms with van der Waals surface area (Å²) in [5.74, 6) is 0.167. The molecule has 0 unspecified atom stereocenters. The van der Waals surface area contributed by atoms with Crippen LogP contribution in [0, 0.1) is 0 Å². The third kappa shape index (κ3) is 4.14. The van der Waals surface area contributed by atoms with Crippen LogP contribution in [0.4, 0.5) is 0 Å². The Bertz CT molecular complexity index is 1090. The van der Waals surface area contributed by atoms with Crippen LogP contribution in [0.1, 0.15) is 20.7 Å². The predicted molar refractivity (Wildman–Crippen MR) is 123 cm³/mol. The average molecular weight is 427 g/mol.